The molecular formula is C9H6ClF2N3. The van der Waals surface area contributed by atoms with Gasteiger partial charge in [-0.15, -0.1) is 0 Å². The number of H-pyrrole nitrogens is 1. The summed E-state index contributed by atoms with van der Waals surface area (Å²) >= 11 is 5.43. The van der Waals surface area contributed by atoms with E-state index < -0.39 is 16.7 Å². The number of nitrogen functional groups attached to an aromatic ring is 1. The Morgan fingerprint density at radius 3 is 2.67 bits per heavy atom. The second kappa shape index (κ2) is 3.51. The van der Waals surface area contributed by atoms with Crippen molar-refractivity contribution in [3.63, 3.8) is 0 Å². The van der Waals surface area contributed by atoms with Crippen molar-refractivity contribution in [2.75, 3.05) is 5.73 Å². The molecule has 3 nitrogen and oxygen atoms in total. The average Bonchev–Trinajstić information content (AvgIpc) is 2.62. The van der Waals surface area contributed by atoms with Crippen LogP contribution in [0.25, 0.3) is 11.3 Å². The van der Waals surface area contributed by atoms with E-state index in [0.717, 1.165) is 6.07 Å². The summed E-state index contributed by atoms with van der Waals surface area (Å²) in [6, 6.07) is 2.32. The van der Waals surface area contributed by atoms with E-state index in [2.05, 4.69) is 10.2 Å². The molecule has 1 aromatic carbocycles. The van der Waals surface area contributed by atoms with Gasteiger partial charge in [-0.25, -0.2) is 8.78 Å². The van der Waals surface area contributed by atoms with Gasteiger partial charge >= 0.3 is 0 Å². The number of rotatable bonds is 1. The van der Waals surface area contributed by atoms with Crippen molar-refractivity contribution >= 4 is 17.3 Å². The first-order chi connectivity index (χ1) is 7.11. The molecule has 0 bridgehead atoms. The molecule has 6 heteroatoms. The fourth-order valence-electron chi connectivity index (χ4n) is 1.23. The minimum atomic E-state index is -0.854. The number of nitrogens with two attached hydrogens (primary N) is 1. The zero-order valence-corrected chi connectivity index (χ0v) is 8.15. The summed E-state index contributed by atoms with van der Waals surface area (Å²) in [5.74, 6) is -1.66. The van der Waals surface area contributed by atoms with Crippen LogP contribution in [0, 0.1) is 11.6 Å². The van der Waals surface area contributed by atoms with E-state index in [1.807, 2.05) is 0 Å². The number of benzene rings is 1. The normalized spacial score (nSPS) is 10.6. The van der Waals surface area contributed by atoms with E-state index in [1.54, 1.807) is 0 Å². The Bertz CT molecular complexity index is 510. The molecule has 0 radical (unpaired) electrons. The summed E-state index contributed by atoms with van der Waals surface area (Å²) in [4.78, 5) is 0. The van der Waals surface area contributed by atoms with Gasteiger partial charge in [0.2, 0.25) is 0 Å². The summed E-state index contributed by atoms with van der Waals surface area (Å²) in [6.45, 7) is 0. The van der Waals surface area contributed by atoms with Crippen molar-refractivity contribution in [1.82, 2.24) is 10.2 Å². The van der Waals surface area contributed by atoms with E-state index in [1.165, 1.54) is 12.3 Å². The third-order valence-corrected chi connectivity index (χ3v) is 2.32. The van der Waals surface area contributed by atoms with Crippen LogP contribution in [-0.2, 0) is 0 Å². The lowest BCUT2D eigenvalue weighted by atomic mass is 10.1. The Hall–Kier alpha value is -1.62. The van der Waals surface area contributed by atoms with E-state index in [0.29, 0.717) is 0 Å². The van der Waals surface area contributed by atoms with Crippen LogP contribution >= 0.6 is 11.6 Å². The van der Waals surface area contributed by atoms with Gasteiger partial charge in [-0.1, -0.05) is 11.6 Å². The molecule has 0 atom stereocenters. The van der Waals surface area contributed by atoms with Gasteiger partial charge in [0.25, 0.3) is 0 Å². The molecule has 78 valence electrons. The number of aromatic amines is 1. The third-order valence-electron chi connectivity index (χ3n) is 1.97. The highest BCUT2D eigenvalue weighted by Gasteiger charge is 2.15. The number of aromatic nitrogens is 2. The molecule has 3 N–H and O–H groups in total. The van der Waals surface area contributed by atoms with Crippen LogP contribution in [0.5, 0.6) is 0 Å². The van der Waals surface area contributed by atoms with Crippen LogP contribution in [0.1, 0.15) is 0 Å². The number of halogens is 3. The maximum absolute atomic E-state index is 13.5. The van der Waals surface area contributed by atoms with E-state index in [4.69, 9.17) is 17.3 Å². The van der Waals surface area contributed by atoms with Gasteiger partial charge < -0.3 is 5.73 Å². The maximum Gasteiger partial charge on any atom is 0.154 e. The number of hydrogen-bond acceptors (Lipinski definition) is 2. The summed E-state index contributed by atoms with van der Waals surface area (Å²) in [5, 5.41) is 5.60. The SMILES string of the molecule is Nc1cn[nH]c1-c1ccc(F)c(Cl)c1F. The smallest absolute Gasteiger partial charge is 0.154 e. The minimum Gasteiger partial charge on any atom is -0.396 e. The van der Waals surface area contributed by atoms with Crippen molar-refractivity contribution < 1.29 is 8.78 Å². The van der Waals surface area contributed by atoms with Gasteiger partial charge in [0.15, 0.2) is 5.82 Å². The lowest BCUT2D eigenvalue weighted by Crippen LogP contribution is -1.92. The molecule has 0 saturated carbocycles. The first kappa shape index (κ1) is 9.92. The van der Waals surface area contributed by atoms with Crippen molar-refractivity contribution in [3.8, 4) is 11.3 Å². The van der Waals surface area contributed by atoms with Gasteiger partial charge in [-0.05, 0) is 12.1 Å². The standard InChI is InChI=1S/C9H6ClF2N3/c10-7-5(11)2-1-4(8(7)12)9-6(13)3-14-15-9/h1-3H,13H2,(H,14,15). The molecule has 1 aromatic heterocycles. The first-order valence-corrected chi connectivity index (χ1v) is 4.41. The zero-order chi connectivity index (χ0) is 11.0. The molecule has 0 saturated heterocycles. The molecule has 15 heavy (non-hydrogen) atoms. The van der Waals surface area contributed by atoms with Crippen LogP contribution in [-0.4, -0.2) is 10.2 Å². The molecule has 0 spiro atoms. The quantitative estimate of drug-likeness (QED) is 0.739. The Morgan fingerprint density at radius 2 is 2.07 bits per heavy atom. The summed E-state index contributed by atoms with van der Waals surface area (Å²) < 4.78 is 26.4. The molecule has 2 rings (SSSR count). The van der Waals surface area contributed by atoms with E-state index in [-0.39, 0.29) is 16.9 Å². The lowest BCUT2D eigenvalue weighted by Gasteiger charge is -2.03. The Labute approximate surface area is 88.9 Å². The van der Waals surface area contributed by atoms with Gasteiger partial charge in [0.05, 0.1) is 17.6 Å². The van der Waals surface area contributed by atoms with Gasteiger partial charge in [0.1, 0.15) is 10.8 Å². The van der Waals surface area contributed by atoms with Crippen molar-refractivity contribution in [1.29, 1.82) is 0 Å². The summed E-state index contributed by atoms with van der Waals surface area (Å²) in [6.07, 6.45) is 1.34. The number of nitrogens with one attached hydrogen (secondary N) is 1. The Kier molecular flexibility index (Phi) is 2.32. The third kappa shape index (κ3) is 1.55. The topological polar surface area (TPSA) is 54.7 Å². The predicted octanol–water partition coefficient (Wildman–Crippen LogP) is 2.59. The van der Waals surface area contributed by atoms with Crippen LogP contribution < -0.4 is 5.73 Å². The monoisotopic (exact) mass is 229 g/mol. The fraction of sp³-hybridized carbons (Fsp3) is 0. The van der Waals surface area contributed by atoms with Crippen molar-refractivity contribution in [2.24, 2.45) is 0 Å². The first-order valence-electron chi connectivity index (χ1n) is 4.04. The summed E-state index contributed by atoms with van der Waals surface area (Å²) in [5.41, 5.74) is 6.19. The highest BCUT2D eigenvalue weighted by Crippen LogP contribution is 2.30. The second-order valence-electron chi connectivity index (χ2n) is 2.92. The van der Waals surface area contributed by atoms with E-state index in [9.17, 15) is 8.78 Å². The molecule has 0 aliphatic rings. The van der Waals surface area contributed by atoms with Crippen LogP contribution in [0.4, 0.5) is 14.5 Å². The fourth-order valence-corrected chi connectivity index (χ4v) is 1.39. The predicted molar refractivity (Wildman–Crippen MR) is 53.4 cm³/mol. The molecule has 2 aromatic rings. The van der Waals surface area contributed by atoms with Crippen LogP contribution in [0.2, 0.25) is 5.02 Å². The van der Waals surface area contributed by atoms with E-state index >= 15 is 0 Å². The number of nitrogens with zero attached hydrogens (tertiary/aromatic N) is 1. The lowest BCUT2D eigenvalue weighted by molar-refractivity contribution is 0.586. The Morgan fingerprint density at radius 1 is 1.33 bits per heavy atom. The Balaban J connectivity index is 2.65. The molecule has 0 aliphatic heterocycles. The molecule has 1 heterocycles. The number of hydrogen-bond donors (Lipinski definition) is 2. The minimum absolute atomic E-state index is 0.0939. The van der Waals surface area contributed by atoms with Gasteiger partial charge in [0, 0.05) is 5.56 Å². The molecule has 0 fully saturated rings. The largest absolute Gasteiger partial charge is 0.396 e. The molecule has 0 aliphatic carbocycles. The molecular weight excluding hydrogens is 224 g/mol. The summed E-state index contributed by atoms with van der Waals surface area (Å²) in [7, 11) is 0. The van der Waals surface area contributed by atoms with Gasteiger partial charge in [-0.3, -0.25) is 5.10 Å². The van der Waals surface area contributed by atoms with Crippen molar-refractivity contribution in [2.45, 2.75) is 0 Å². The van der Waals surface area contributed by atoms with Crippen LogP contribution in [0.15, 0.2) is 18.3 Å². The van der Waals surface area contributed by atoms with Crippen LogP contribution in [0.3, 0.4) is 0 Å². The average molecular weight is 230 g/mol. The number of anilines is 1. The maximum atomic E-state index is 13.5. The second-order valence-corrected chi connectivity index (χ2v) is 3.30. The van der Waals surface area contributed by atoms with Gasteiger partial charge in [-0.2, -0.15) is 5.10 Å². The highest BCUT2D eigenvalue weighted by atomic mass is 35.5. The molecule has 0 amide bonds. The zero-order valence-electron chi connectivity index (χ0n) is 7.39. The molecule has 0 unspecified atom stereocenters. The van der Waals surface area contributed by atoms with Crippen molar-refractivity contribution in [3.05, 3.63) is 35.0 Å². The highest BCUT2D eigenvalue weighted by molar-refractivity contribution is 6.31.